The summed E-state index contributed by atoms with van der Waals surface area (Å²) in [5, 5.41) is 8.88. The molecule has 4 heteroatoms. The topological polar surface area (TPSA) is 70.1 Å². The molecule has 4 nitrogen and oxygen atoms in total. The van der Waals surface area contributed by atoms with Crippen molar-refractivity contribution in [2.45, 2.75) is 46.1 Å². The molecule has 0 aromatic rings. The quantitative estimate of drug-likeness (QED) is 0.806. The summed E-state index contributed by atoms with van der Waals surface area (Å²) in [6.07, 6.45) is 2.30. The lowest BCUT2D eigenvalue weighted by Crippen LogP contribution is -2.50. The van der Waals surface area contributed by atoms with E-state index < -0.39 is 0 Å². The third kappa shape index (κ3) is 4.35. The lowest BCUT2D eigenvalue weighted by Gasteiger charge is -2.36. The summed E-state index contributed by atoms with van der Waals surface area (Å²) in [5.41, 5.74) is 5.66. The molecular weight excluding hydrogens is 214 g/mol. The maximum absolute atomic E-state index is 11.4. The van der Waals surface area contributed by atoms with Crippen LogP contribution < -0.4 is 5.73 Å². The molecule has 1 aliphatic rings. The zero-order chi connectivity index (χ0) is 13.1. The second kappa shape index (κ2) is 5.50. The average Bonchev–Trinajstić information content (AvgIpc) is 2.25. The maximum atomic E-state index is 11.4. The smallest absolute Gasteiger partial charge is 0.234 e. The predicted octanol–water partition coefficient (Wildman–Crippen LogP) is 1.47. The maximum Gasteiger partial charge on any atom is 0.234 e. The monoisotopic (exact) mass is 236 g/mol. The van der Waals surface area contributed by atoms with Crippen molar-refractivity contribution in [2.75, 3.05) is 13.1 Å². The summed E-state index contributed by atoms with van der Waals surface area (Å²) in [6, 6.07) is 1.87. The summed E-state index contributed by atoms with van der Waals surface area (Å²) in [5.74, 6) is 0.479. The number of hydrogen-bond donors (Lipinski definition) is 1. The van der Waals surface area contributed by atoms with Gasteiger partial charge in [0.2, 0.25) is 5.91 Å². The van der Waals surface area contributed by atoms with Gasteiger partial charge in [0.1, 0.15) is 0 Å². The number of piperidine rings is 1. The highest BCUT2D eigenvalue weighted by Crippen LogP contribution is 2.26. The Labute approximate surface area is 104 Å². The highest BCUT2D eigenvalue weighted by Gasteiger charge is 2.32. The molecule has 0 aromatic carbocycles. The van der Waals surface area contributed by atoms with Gasteiger partial charge in [0.15, 0.2) is 0 Å². The number of nitrogens with two attached hydrogens (primary N) is 1. The van der Waals surface area contributed by atoms with Crippen molar-refractivity contribution < 1.29 is 4.79 Å². The number of likely N-dealkylation sites (tertiary alicyclic amines) is 1. The summed E-state index contributed by atoms with van der Waals surface area (Å²) < 4.78 is 0. The van der Waals surface area contributed by atoms with Gasteiger partial charge in [-0.15, -0.1) is 0 Å². The van der Waals surface area contributed by atoms with E-state index in [-0.39, 0.29) is 17.4 Å². The number of carbonyl (C=O) groups is 1. The molecule has 1 radical (unpaired) electrons. The largest absolute Gasteiger partial charge is 0.368 e. The zero-order valence-electron chi connectivity index (χ0n) is 11.0. The number of carbonyl (C=O) groups excluding carboxylic acids is 1. The summed E-state index contributed by atoms with van der Waals surface area (Å²) in [6.45, 7) is 8.19. The lowest BCUT2D eigenvalue weighted by molar-refractivity contribution is -0.124. The minimum Gasteiger partial charge on any atom is -0.368 e. The molecule has 95 valence electrons. The Balaban J connectivity index is 2.59. The Hall–Kier alpha value is -1.08. The van der Waals surface area contributed by atoms with Gasteiger partial charge in [-0.25, -0.2) is 0 Å². The third-order valence-corrected chi connectivity index (χ3v) is 3.22. The molecule has 1 saturated heterocycles. The van der Waals surface area contributed by atoms with Crippen molar-refractivity contribution in [3.63, 3.8) is 0 Å². The molecule has 1 heterocycles. The summed E-state index contributed by atoms with van der Waals surface area (Å²) in [4.78, 5) is 13.5. The van der Waals surface area contributed by atoms with Crippen molar-refractivity contribution in [1.29, 1.82) is 5.26 Å². The highest BCUT2D eigenvalue weighted by molar-refractivity contribution is 5.80. The van der Waals surface area contributed by atoms with Gasteiger partial charge in [-0.2, -0.15) is 5.26 Å². The fourth-order valence-electron chi connectivity index (χ4n) is 2.03. The first-order valence-electron chi connectivity index (χ1n) is 6.11. The number of amides is 1. The van der Waals surface area contributed by atoms with Gasteiger partial charge in [-0.1, -0.05) is 20.8 Å². The van der Waals surface area contributed by atoms with E-state index in [4.69, 9.17) is 11.0 Å². The van der Waals surface area contributed by atoms with Crippen LogP contribution in [-0.4, -0.2) is 29.9 Å². The van der Waals surface area contributed by atoms with Crippen LogP contribution >= 0.6 is 0 Å². The first kappa shape index (κ1) is 14.0. The number of hydrogen-bond acceptors (Lipinski definition) is 3. The molecule has 1 unspecified atom stereocenters. The van der Waals surface area contributed by atoms with E-state index >= 15 is 0 Å². The molecule has 0 aromatic heterocycles. The van der Waals surface area contributed by atoms with Crippen molar-refractivity contribution in [2.24, 2.45) is 11.1 Å². The predicted molar refractivity (Wildman–Crippen MR) is 66.7 cm³/mol. The van der Waals surface area contributed by atoms with Gasteiger partial charge in [-0.3, -0.25) is 9.69 Å². The van der Waals surface area contributed by atoms with E-state index in [1.54, 1.807) is 0 Å². The second-order valence-electron chi connectivity index (χ2n) is 5.93. The van der Waals surface area contributed by atoms with E-state index in [0.29, 0.717) is 6.42 Å². The van der Waals surface area contributed by atoms with E-state index in [9.17, 15) is 4.79 Å². The van der Waals surface area contributed by atoms with Gasteiger partial charge in [0, 0.05) is 6.54 Å². The van der Waals surface area contributed by atoms with Gasteiger partial charge in [0.25, 0.3) is 0 Å². The fraction of sp³-hybridized carbons (Fsp3) is 0.769. The van der Waals surface area contributed by atoms with Crippen LogP contribution in [0.25, 0.3) is 0 Å². The van der Waals surface area contributed by atoms with Crippen LogP contribution in [0.1, 0.15) is 40.0 Å². The van der Waals surface area contributed by atoms with Gasteiger partial charge in [-0.05, 0) is 31.2 Å². The Bertz CT molecular complexity index is 314. The van der Waals surface area contributed by atoms with Crippen molar-refractivity contribution in [1.82, 2.24) is 4.90 Å². The molecule has 17 heavy (non-hydrogen) atoms. The van der Waals surface area contributed by atoms with Crippen LogP contribution in [0, 0.1) is 22.7 Å². The molecule has 2 N–H and O–H groups in total. The molecule has 1 amide bonds. The van der Waals surface area contributed by atoms with E-state index in [1.165, 1.54) is 0 Å². The minimum absolute atomic E-state index is 0.251. The van der Waals surface area contributed by atoms with Crippen LogP contribution in [0.5, 0.6) is 0 Å². The van der Waals surface area contributed by atoms with Crippen molar-refractivity contribution in [3.8, 4) is 6.07 Å². The third-order valence-electron chi connectivity index (χ3n) is 3.22. The van der Waals surface area contributed by atoms with Crippen LogP contribution in [0.3, 0.4) is 0 Å². The molecule has 1 rings (SSSR count). The zero-order valence-corrected chi connectivity index (χ0v) is 11.0. The Morgan fingerprint density at radius 2 is 2.24 bits per heavy atom. The second-order valence-corrected chi connectivity index (χ2v) is 5.93. The number of nitrogens with zero attached hydrogens (tertiary/aromatic N) is 2. The summed E-state index contributed by atoms with van der Waals surface area (Å²) >= 11 is 0. The Morgan fingerprint density at radius 3 is 2.71 bits per heavy atom. The molecule has 1 fully saturated rings. The van der Waals surface area contributed by atoms with Crippen LogP contribution in [0.2, 0.25) is 0 Å². The van der Waals surface area contributed by atoms with E-state index in [0.717, 1.165) is 31.8 Å². The standard InChI is InChI=1S/C13H22N3O/c1-13(2,3)5-7-16-6-4-10(9-14)8-11(16)12(15)17/h11H,4-8H2,1-3H3,(H2,15,17). The lowest BCUT2D eigenvalue weighted by atomic mass is 9.88. The molecule has 0 aliphatic carbocycles. The number of nitriles is 1. The SMILES string of the molecule is CC(C)(C)CCN1CC[C](C#N)CC1C(N)=O. The first-order valence-corrected chi connectivity index (χ1v) is 6.11. The van der Waals surface area contributed by atoms with E-state index in [2.05, 4.69) is 31.7 Å². The Kier molecular flexibility index (Phi) is 4.53. The van der Waals surface area contributed by atoms with Crippen molar-refractivity contribution >= 4 is 5.91 Å². The van der Waals surface area contributed by atoms with Gasteiger partial charge >= 0.3 is 0 Å². The molecule has 0 saturated carbocycles. The van der Waals surface area contributed by atoms with Crippen LogP contribution in [0.15, 0.2) is 0 Å². The van der Waals surface area contributed by atoms with Gasteiger partial charge < -0.3 is 5.73 Å². The molecular formula is C13H22N3O. The summed E-state index contributed by atoms with van der Waals surface area (Å²) in [7, 11) is 0. The number of primary amides is 1. The van der Waals surface area contributed by atoms with Gasteiger partial charge in [0.05, 0.1) is 18.0 Å². The van der Waals surface area contributed by atoms with Crippen molar-refractivity contribution in [3.05, 3.63) is 5.92 Å². The van der Waals surface area contributed by atoms with Crippen LogP contribution in [0.4, 0.5) is 0 Å². The average molecular weight is 236 g/mol. The minimum atomic E-state index is -0.314. The van der Waals surface area contributed by atoms with E-state index in [1.807, 2.05) is 0 Å². The molecule has 0 bridgehead atoms. The highest BCUT2D eigenvalue weighted by atomic mass is 16.1. The fourth-order valence-corrected chi connectivity index (χ4v) is 2.03. The molecule has 0 spiro atoms. The first-order chi connectivity index (χ1) is 7.83. The molecule has 1 aliphatic heterocycles. The molecule has 1 atom stereocenters. The normalized spacial score (nSPS) is 23.3. The Morgan fingerprint density at radius 1 is 1.59 bits per heavy atom. The van der Waals surface area contributed by atoms with Crippen LogP contribution in [-0.2, 0) is 4.79 Å². The number of rotatable bonds is 3.